The Morgan fingerprint density at radius 1 is 1.13 bits per heavy atom. The number of aromatic amines is 1. The van der Waals surface area contributed by atoms with Crippen molar-refractivity contribution in [3.8, 4) is 0 Å². The van der Waals surface area contributed by atoms with Gasteiger partial charge < -0.3 is 4.98 Å². The van der Waals surface area contributed by atoms with Gasteiger partial charge in [-0.25, -0.2) is 4.98 Å². The van der Waals surface area contributed by atoms with E-state index in [1.165, 1.54) is 24.9 Å². The number of pyridine rings is 1. The van der Waals surface area contributed by atoms with Gasteiger partial charge in [-0.1, -0.05) is 12.1 Å². The summed E-state index contributed by atoms with van der Waals surface area (Å²) in [4.78, 5) is 14.9. The van der Waals surface area contributed by atoms with Gasteiger partial charge in [0.15, 0.2) is 0 Å². The predicted octanol–water partition coefficient (Wildman–Crippen LogP) is 3.41. The van der Waals surface area contributed by atoms with E-state index in [0.29, 0.717) is 5.92 Å². The molecule has 2 aromatic heterocycles. The van der Waals surface area contributed by atoms with Crippen LogP contribution in [0, 0.1) is 5.92 Å². The Bertz CT molecular complexity index is 732. The zero-order valence-electron chi connectivity index (χ0n) is 13.3. The molecule has 1 fully saturated rings. The first-order chi connectivity index (χ1) is 11.4. The number of aromatic nitrogens is 3. The van der Waals surface area contributed by atoms with Gasteiger partial charge in [0, 0.05) is 31.9 Å². The van der Waals surface area contributed by atoms with Crippen molar-refractivity contribution >= 4 is 11.0 Å². The fourth-order valence-electron chi connectivity index (χ4n) is 3.58. The Balaban J connectivity index is 1.41. The molecule has 3 aromatic rings. The van der Waals surface area contributed by atoms with Crippen LogP contribution in [-0.2, 0) is 13.0 Å². The molecule has 118 valence electrons. The average Bonchev–Trinajstić information content (AvgIpc) is 2.98. The van der Waals surface area contributed by atoms with Gasteiger partial charge in [-0.05, 0) is 55.1 Å². The zero-order valence-corrected chi connectivity index (χ0v) is 13.3. The third-order valence-electron chi connectivity index (χ3n) is 4.68. The second-order valence-corrected chi connectivity index (χ2v) is 6.50. The van der Waals surface area contributed by atoms with Crippen molar-refractivity contribution in [2.24, 2.45) is 5.92 Å². The monoisotopic (exact) mass is 306 g/mol. The molecule has 4 nitrogen and oxygen atoms in total. The Hall–Kier alpha value is -2.20. The zero-order chi connectivity index (χ0) is 15.5. The van der Waals surface area contributed by atoms with Crippen LogP contribution in [0.25, 0.3) is 11.0 Å². The number of piperidine rings is 1. The van der Waals surface area contributed by atoms with Crippen molar-refractivity contribution in [1.82, 2.24) is 19.9 Å². The summed E-state index contributed by atoms with van der Waals surface area (Å²) >= 11 is 0. The first-order valence-corrected chi connectivity index (χ1v) is 8.42. The Morgan fingerprint density at radius 3 is 2.87 bits per heavy atom. The van der Waals surface area contributed by atoms with Crippen molar-refractivity contribution in [2.45, 2.75) is 25.8 Å². The van der Waals surface area contributed by atoms with Crippen LogP contribution in [0.3, 0.4) is 0 Å². The smallest absolute Gasteiger partial charge is 0.107 e. The molecule has 4 rings (SSSR count). The fourth-order valence-corrected chi connectivity index (χ4v) is 3.58. The summed E-state index contributed by atoms with van der Waals surface area (Å²) in [5, 5.41) is 0. The molecule has 0 radical (unpaired) electrons. The van der Waals surface area contributed by atoms with Crippen LogP contribution < -0.4 is 0 Å². The van der Waals surface area contributed by atoms with Crippen LogP contribution in [0.5, 0.6) is 0 Å². The van der Waals surface area contributed by atoms with Crippen LogP contribution >= 0.6 is 0 Å². The second-order valence-electron chi connectivity index (χ2n) is 6.50. The number of hydrogen-bond donors (Lipinski definition) is 1. The lowest BCUT2D eigenvalue weighted by Gasteiger charge is -2.32. The number of likely N-dealkylation sites (tertiary alicyclic amines) is 1. The molecule has 23 heavy (non-hydrogen) atoms. The van der Waals surface area contributed by atoms with Gasteiger partial charge in [-0.2, -0.15) is 0 Å². The van der Waals surface area contributed by atoms with E-state index in [1.807, 2.05) is 18.5 Å². The summed E-state index contributed by atoms with van der Waals surface area (Å²) in [6, 6.07) is 12.5. The number of nitrogens with zero attached hydrogens (tertiary/aromatic N) is 3. The number of H-pyrrole nitrogens is 1. The van der Waals surface area contributed by atoms with Crippen LogP contribution in [0.4, 0.5) is 0 Å². The molecule has 0 spiro atoms. The SMILES string of the molecule is c1ccc2[nH]c(C[C@@H]3CCCN(Cc4ccncc4)C3)nc2c1. The minimum Gasteiger partial charge on any atom is -0.342 e. The molecule has 1 aliphatic heterocycles. The maximum Gasteiger partial charge on any atom is 0.107 e. The second kappa shape index (κ2) is 6.50. The Labute approximate surface area is 136 Å². The van der Waals surface area contributed by atoms with Crippen molar-refractivity contribution < 1.29 is 0 Å². The van der Waals surface area contributed by atoms with Gasteiger partial charge in [0.2, 0.25) is 0 Å². The number of para-hydroxylation sites is 2. The highest BCUT2D eigenvalue weighted by Crippen LogP contribution is 2.22. The quantitative estimate of drug-likeness (QED) is 0.803. The van der Waals surface area contributed by atoms with Crippen LogP contribution in [0.2, 0.25) is 0 Å². The molecule has 0 amide bonds. The minimum atomic E-state index is 0.686. The lowest BCUT2D eigenvalue weighted by Crippen LogP contribution is -2.35. The highest BCUT2D eigenvalue weighted by molar-refractivity contribution is 5.74. The van der Waals surface area contributed by atoms with E-state index in [9.17, 15) is 0 Å². The van der Waals surface area contributed by atoms with E-state index in [2.05, 4.69) is 45.2 Å². The lowest BCUT2D eigenvalue weighted by atomic mass is 9.94. The standard InChI is InChI=1S/C19H22N4/c1-2-6-18-17(5-1)21-19(22-18)12-16-4-3-11-23(14-16)13-15-7-9-20-10-8-15/h1-2,5-10,16H,3-4,11-14H2,(H,21,22)/t16-/m0/s1. The lowest BCUT2D eigenvalue weighted by molar-refractivity contribution is 0.166. The number of benzene rings is 1. The molecule has 1 saturated heterocycles. The first-order valence-electron chi connectivity index (χ1n) is 8.42. The molecule has 0 aliphatic carbocycles. The molecule has 1 aliphatic rings. The van der Waals surface area contributed by atoms with Gasteiger partial charge >= 0.3 is 0 Å². The van der Waals surface area contributed by atoms with Crippen LogP contribution in [0.1, 0.15) is 24.2 Å². The van der Waals surface area contributed by atoms with Gasteiger partial charge in [-0.15, -0.1) is 0 Å². The number of hydrogen-bond acceptors (Lipinski definition) is 3. The molecule has 0 bridgehead atoms. The van der Waals surface area contributed by atoms with Crippen LogP contribution in [0.15, 0.2) is 48.8 Å². The van der Waals surface area contributed by atoms with E-state index in [1.54, 1.807) is 0 Å². The molecular formula is C19H22N4. The molecular weight excluding hydrogens is 284 g/mol. The Morgan fingerprint density at radius 2 is 2.00 bits per heavy atom. The number of fused-ring (bicyclic) bond motifs is 1. The normalized spacial score (nSPS) is 19.2. The maximum atomic E-state index is 4.73. The summed E-state index contributed by atoms with van der Waals surface area (Å²) < 4.78 is 0. The molecule has 0 saturated carbocycles. The predicted molar refractivity (Wildman–Crippen MR) is 92.0 cm³/mol. The van der Waals surface area contributed by atoms with E-state index in [4.69, 9.17) is 4.98 Å². The van der Waals surface area contributed by atoms with Gasteiger partial charge in [0.25, 0.3) is 0 Å². The minimum absolute atomic E-state index is 0.686. The highest BCUT2D eigenvalue weighted by Gasteiger charge is 2.21. The fraction of sp³-hybridized carbons (Fsp3) is 0.368. The third kappa shape index (κ3) is 3.42. The van der Waals surface area contributed by atoms with Crippen molar-refractivity contribution in [3.05, 3.63) is 60.2 Å². The summed E-state index contributed by atoms with van der Waals surface area (Å²) in [7, 11) is 0. The van der Waals surface area contributed by atoms with Crippen molar-refractivity contribution in [1.29, 1.82) is 0 Å². The summed E-state index contributed by atoms with van der Waals surface area (Å²) in [5.74, 6) is 1.81. The van der Waals surface area contributed by atoms with Crippen LogP contribution in [-0.4, -0.2) is 32.9 Å². The van der Waals surface area contributed by atoms with E-state index >= 15 is 0 Å². The molecule has 1 atom stereocenters. The van der Waals surface area contributed by atoms with Gasteiger partial charge in [0.1, 0.15) is 5.82 Å². The van der Waals surface area contributed by atoms with E-state index < -0.39 is 0 Å². The highest BCUT2D eigenvalue weighted by atomic mass is 15.1. The third-order valence-corrected chi connectivity index (χ3v) is 4.68. The van der Waals surface area contributed by atoms with E-state index in [-0.39, 0.29) is 0 Å². The van der Waals surface area contributed by atoms with Gasteiger partial charge in [-0.3, -0.25) is 9.88 Å². The van der Waals surface area contributed by atoms with Gasteiger partial charge in [0.05, 0.1) is 11.0 Å². The average molecular weight is 306 g/mol. The largest absolute Gasteiger partial charge is 0.342 e. The first kappa shape index (κ1) is 14.4. The summed E-state index contributed by atoms with van der Waals surface area (Å²) in [5.41, 5.74) is 3.57. The molecule has 3 heterocycles. The van der Waals surface area contributed by atoms with Crippen molar-refractivity contribution in [2.75, 3.05) is 13.1 Å². The van der Waals surface area contributed by atoms with Crippen molar-refractivity contribution in [3.63, 3.8) is 0 Å². The Kier molecular flexibility index (Phi) is 4.07. The molecule has 4 heteroatoms. The molecule has 1 N–H and O–H groups in total. The number of imidazole rings is 1. The number of rotatable bonds is 4. The number of nitrogens with one attached hydrogen (secondary N) is 1. The van der Waals surface area contributed by atoms with E-state index in [0.717, 1.165) is 36.4 Å². The maximum absolute atomic E-state index is 4.73. The summed E-state index contributed by atoms with van der Waals surface area (Å²) in [6.45, 7) is 3.37. The summed E-state index contributed by atoms with van der Waals surface area (Å²) in [6.07, 6.45) is 7.37. The topological polar surface area (TPSA) is 44.8 Å². The molecule has 1 aromatic carbocycles. The molecule has 0 unspecified atom stereocenters.